The smallest absolute Gasteiger partial charge is 0.0582 e. The van der Waals surface area contributed by atoms with E-state index in [0.717, 1.165) is 0 Å². The van der Waals surface area contributed by atoms with Gasteiger partial charge in [-0.05, 0) is 13.8 Å². The summed E-state index contributed by atoms with van der Waals surface area (Å²) in [6, 6.07) is 0. The van der Waals surface area contributed by atoms with Crippen molar-refractivity contribution in [3.8, 4) is 0 Å². The predicted octanol–water partition coefficient (Wildman–Crippen LogP) is 1.28. The molecule has 52 valence electrons. The number of nitrogens with one attached hydrogen (secondary N) is 1. The van der Waals surface area contributed by atoms with Crippen molar-refractivity contribution in [2.24, 2.45) is 0 Å². The summed E-state index contributed by atoms with van der Waals surface area (Å²) in [5.41, 5.74) is 0. The zero-order valence-electron chi connectivity index (χ0n) is 5.38. The minimum atomic E-state index is -2.49. The fourth-order valence-corrected chi connectivity index (χ4v) is 0.707. The van der Waals surface area contributed by atoms with Crippen molar-refractivity contribution in [1.82, 2.24) is 4.72 Å². The van der Waals surface area contributed by atoms with Crippen LogP contribution in [0.1, 0.15) is 13.8 Å². The van der Waals surface area contributed by atoms with Gasteiger partial charge in [0, 0.05) is 7.05 Å². The Morgan fingerprint density at radius 2 is 1.75 bits per heavy atom. The molecule has 0 aromatic rings. The molecule has 0 bridgehead atoms. The molecular weight excluding hydrogens is 126 g/mol. The van der Waals surface area contributed by atoms with Gasteiger partial charge in [0.2, 0.25) is 0 Å². The van der Waals surface area contributed by atoms with Crippen molar-refractivity contribution < 1.29 is 9.11 Å². The normalized spacial score (nSPS) is 14.8. The van der Waals surface area contributed by atoms with E-state index in [1.807, 2.05) is 0 Å². The van der Waals surface area contributed by atoms with Gasteiger partial charge < -0.3 is 0 Å². The molecule has 0 aromatic heterocycles. The fraction of sp³-hybridized carbons (Fsp3) is 1.00. The quantitative estimate of drug-likeness (QED) is 0.540. The van der Waals surface area contributed by atoms with Gasteiger partial charge in [-0.15, -0.1) is 10.8 Å². The molecule has 0 aromatic carbocycles. The lowest BCUT2D eigenvalue weighted by Gasteiger charge is -2.35. The van der Waals surface area contributed by atoms with Crippen LogP contribution in [0.3, 0.4) is 0 Å². The highest BCUT2D eigenvalue weighted by Gasteiger charge is 2.12. The molecule has 3 nitrogen and oxygen atoms in total. The molecule has 0 unspecified atom stereocenters. The summed E-state index contributed by atoms with van der Waals surface area (Å²) in [7, 11) is -0.949. The summed E-state index contributed by atoms with van der Waals surface area (Å²) in [5.74, 6) is 0. The standard InChI is InChI=1S/C4H13NO2S/c1-4(2)8(6,7)5-3/h4-7H,1-3H3. The van der Waals surface area contributed by atoms with Gasteiger partial charge in [0.05, 0.1) is 5.25 Å². The maximum Gasteiger partial charge on any atom is 0.0582 e. The van der Waals surface area contributed by atoms with E-state index >= 15 is 0 Å². The first-order chi connectivity index (χ1) is 3.50. The van der Waals surface area contributed by atoms with Crippen LogP contribution >= 0.6 is 10.8 Å². The summed E-state index contributed by atoms with van der Waals surface area (Å²) in [5, 5.41) is -0.104. The second-order valence-electron chi connectivity index (χ2n) is 1.85. The molecule has 0 amide bonds. The summed E-state index contributed by atoms with van der Waals surface area (Å²) >= 11 is 0. The van der Waals surface area contributed by atoms with Crippen LogP contribution in [0.25, 0.3) is 0 Å². The van der Waals surface area contributed by atoms with Crippen LogP contribution in [0, 0.1) is 0 Å². The van der Waals surface area contributed by atoms with Crippen molar-refractivity contribution in [3.05, 3.63) is 0 Å². The average Bonchev–Trinajstić information content (AvgIpc) is 1.67. The molecule has 0 heterocycles. The van der Waals surface area contributed by atoms with E-state index in [1.54, 1.807) is 13.8 Å². The topological polar surface area (TPSA) is 52.5 Å². The molecule has 0 aliphatic carbocycles. The predicted molar refractivity (Wildman–Crippen MR) is 37.0 cm³/mol. The van der Waals surface area contributed by atoms with Crippen LogP contribution in [-0.2, 0) is 0 Å². The maximum atomic E-state index is 8.93. The van der Waals surface area contributed by atoms with Gasteiger partial charge in [0.15, 0.2) is 0 Å². The molecular formula is C4H13NO2S. The summed E-state index contributed by atoms with van der Waals surface area (Å²) < 4.78 is 20.3. The molecule has 8 heavy (non-hydrogen) atoms. The van der Waals surface area contributed by atoms with E-state index in [9.17, 15) is 0 Å². The highest BCUT2D eigenvalue weighted by atomic mass is 32.3. The second-order valence-corrected chi connectivity index (χ2v) is 4.38. The van der Waals surface area contributed by atoms with Gasteiger partial charge >= 0.3 is 0 Å². The van der Waals surface area contributed by atoms with Crippen LogP contribution in [-0.4, -0.2) is 21.4 Å². The van der Waals surface area contributed by atoms with E-state index in [0.29, 0.717) is 0 Å². The SMILES string of the molecule is CNS(O)(O)C(C)C. The van der Waals surface area contributed by atoms with Crippen molar-refractivity contribution in [3.63, 3.8) is 0 Å². The van der Waals surface area contributed by atoms with Crippen molar-refractivity contribution >= 4 is 10.8 Å². The highest BCUT2D eigenvalue weighted by Crippen LogP contribution is 2.37. The summed E-state index contributed by atoms with van der Waals surface area (Å²) in [6.07, 6.45) is 0. The zero-order chi connectivity index (χ0) is 6.78. The minimum absolute atomic E-state index is 0.104. The van der Waals surface area contributed by atoms with Gasteiger partial charge in [-0.3, -0.25) is 9.11 Å². The molecule has 0 radical (unpaired) electrons. The average molecular weight is 139 g/mol. The highest BCUT2D eigenvalue weighted by molar-refractivity contribution is 8.23. The van der Waals surface area contributed by atoms with E-state index < -0.39 is 10.8 Å². The monoisotopic (exact) mass is 139 g/mol. The molecule has 0 saturated carbocycles. The van der Waals surface area contributed by atoms with E-state index in [-0.39, 0.29) is 5.25 Å². The van der Waals surface area contributed by atoms with Crippen LogP contribution < -0.4 is 4.72 Å². The molecule has 0 atom stereocenters. The van der Waals surface area contributed by atoms with Gasteiger partial charge in [0.25, 0.3) is 0 Å². The van der Waals surface area contributed by atoms with Crippen LogP contribution in [0.4, 0.5) is 0 Å². The molecule has 3 N–H and O–H groups in total. The summed E-state index contributed by atoms with van der Waals surface area (Å²) in [4.78, 5) is 0. The van der Waals surface area contributed by atoms with Gasteiger partial charge in [-0.2, -0.15) is 0 Å². The third-order valence-corrected chi connectivity index (χ3v) is 2.87. The Hall–Kier alpha value is 0.230. The molecule has 4 heteroatoms. The largest absolute Gasteiger partial charge is 0.285 e. The molecule has 0 fully saturated rings. The van der Waals surface area contributed by atoms with E-state index in [1.165, 1.54) is 7.05 Å². The van der Waals surface area contributed by atoms with E-state index in [2.05, 4.69) is 4.72 Å². The lowest BCUT2D eigenvalue weighted by atomic mass is 10.6. The number of hydrogen-bond donors (Lipinski definition) is 3. The molecule has 0 spiro atoms. The summed E-state index contributed by atoms with van der Waals surface area (Å²) in [6.45, 7) is 3.51. The molecule has 0 saturated heterocycles. The van der Waals surface area contributed by atoms with Crippen molar-refractivity contribution in [2.75, 3.05) is 7.05 Å². The molecule has 0 aliphatic heterocycles. The van der Waals surface area contributed by atoms with Crippen LogP contribution in [0.15, 0.2) is 0 Å². The first-order valence-electron chi connectivity index (χ1n) is 2.46. The molecule has 0 rings (SSSR count). The Labute approximate surface area is 51.6 Å². The number of hydrogen-bond acceptors (Lipinski definition) is 3. The van der Waals surface area contributed by atoms with Crippen LogP contribution in [0.2, 0.25) is 0 Å². The Bertz CT molecular complexity index is 74.4. The van der Waals surface area contributed by atoms with Gasteiger partial charge in [-0.25, -0.2) is 4.72 Å². The first-order valence-corrected chi connectivity index (χ1v) is 4.07. The molecule has 0 aliphatic rings. The zero-order valence-corrected chi connectivity index (χ0v) is 6.20. The third-order valence-electron chi connectivity index (χ3n) is 0.958. The Balaban J connectivity index is 3.71. The van der Waals surface area contributed by atoms with Crippen molar-refractivity contribution in [2.45, 2.75) is 19.1 Å². The number of rotatable bonds is 2. The fourth-order valence-electron chi connectivity index (χ4n) is 0.236. The lowest BCUT2D eigenvalue weighted by Crippen LogP contribution is -2.22. The Morgan fingerprint density at radius 3 is 1.75 bits per heavy atom. The minimum Gasteiger partial charge on any atom is -0.285 e. The second kappa shape index (κ2) is 2.68. The maximum absolute atomic E-state index is 8.93. The first kappa shape index (κ1) is 8.23. The Morgan fingerprint density at radius 1 is 1.38 bits per heavy atom. The Kier molecular flexibility index (Phi) is 2.76. The van der Waals surface area contributed by atoms with E-state index in [4.69, 9.17) is 9.11 Å². The lowest BCUT2D eigenvalue weighted by molar-refractivity contribution is 0.466. The van der Waals surface area contributed by atoms with Crippen molar-refractivity contribution in [1.29, 1.82) is 0 Å². The van der Waals surface area contributed by atoms with Gasteiger partial charge in [-0.1, -0.05) is 0 Å². The van der Waals surface area contributed by atoms with Gasteiger partial charge in [0.1, 0.15) is 0 Å². The van der Waals surface area contributed by atoms with Crippen LogP contribution in [0.5, 0.6) is 0 Å². The third kappa shape index (κ3) is 2.00.